The average Bonchev–Trinajstić information content (AvgIpc) is 3.50. The Kier molecular flexibility index (Phi) is 11.0. The third-order valence-electron chi connectivity index (χ3n) is 10.9. The highest BCUT2D eigenvalue weighted by Crippen LogP contribution is 2.45. The van der Waals surface area contributed by atoms with Gasteiger partial charge < -0.3 is 30.7 Å². The first kappa shape index (κ1) is 35.4. The zero-order valence-corrected chi connectivity index (χ0v) is 29.5. The molecule has 3 saturated heterocycles. The van der Waals surface area contributed by atoms with Crippen LogP contribution in [0.5, 0.6) is 0 Å². The quantitative estimate of drug-likeness (QED) is 0.235. The van der Waals surface area contributed by atoms with E-state index in [9.17, 15) is 24.3 Å². The number of carbonyl (C=O) groups excluding carboxylic acids is 3. The number of allylic oxidation sites excluding steroid dienone is 1. The van der Waals surface area contributed by atoms with Gasteiger partial charge in [0.05, 0.1) is 17.5 Å². The molecule has 8 atom stereocenters. The molecule has 6 aliphatic rings. The first-order valence-corrected chi connectivity index (χ1v) is 19.2. The van der Waals surface area contributed by atoms with Crippen molar-refractivity contribution < 1.29 is 29.0 Å². The van der Waals surface area contributed by atoms with Gasteiger partial charge >= 0.3 is 12.1 Å². The first-order valence-electron chi connectivity index (χ1n) is 18.1. The molecule has 0 spiro atoms. The van der Waals surface area contributed by atoms with Gasteiger partial charge in [0.25, 0.3) is 0 Å². The summed E-state index contributed by atoms with van der Waals surface area (Å²) < 4.78 is 5.53. The fourth-order valence-electron chi connectivity index (χ4n) is 8.27. The van der Waals surface area contributed by atoms with Gasteiger partial charge in [0, 0.05) is 30.8 Å². The number of alkyl carbamates (subject to hydrolysis) is 1. The van der Waals surface area contributed by atoms with Gasteiger partial charge in [0.15, 0.2) is 0 Å². The molecule has 5 fully saturated rings. The highest BCUT2D eigenvalue weighted by atomic mass is 32.2. The Bertz CT molecular complexity index is 1230. The van der Waals surface area contributed by atoms with Crippen LogP contribution in [0.4, 0.5) is 4.79 Å². The molecule has 4 heterocycles. The third-order valence-corrected chi connectivity index (χ3v) is 12.1. The van der Waals surface area contributed by atoms with Crippen LogP contribution in [0.15, 0.2) is 12.2 Å². The van der Waals surface area contributed by atoms with E-state index in [-0.39, 0.29) is 41.9 Å². The van der Waals surface area contributed by atoms with Crippen molar-refractivity contribution in [3.63, 3.8) is 0 Å². The lowest BCUT2D eigenvalue weighted by Crippen LogP contribution is -2.56. The summed E-state index contributed by atoms with van der Waals surface area (Å²) in [5.41, 5.74) is 5.42. The van der Waals surface area contributed by atoms with Crippen LogP contribution in [0.3, 0.4) is 0 Å². The largest absolute Gasteiger partial charge is 0.479 e. The number of amides is 3. The number of carbonyl (C=O) groups is 4. The van der Waals surface area contributed by atoms with Gasteiger partial charge in [0.2, 0.25) is 11.8 Å². The lowest BCUT2D eigenvalue weighted by atomic mass is 9.81. The topological polar surface area (TPSA) is 164 Å². The lowest BCUT2D eigenvalue weighted by molar-refractivity contribution is -0.145. The summed E-state index contributed by atoms with van der Waals surface area (Å²) in [7, 11) is 0. The summed E-state index contributed by atoms with van der Waals surface area (Å²) in [5.74, 6) is -0.583. The minimum absolute atomic E-state index is 0.152. The van der Waals surface area contributed by atoms with E-state index in [4.69, 9.17) is 4.74 Å². The minimum Gasteiger partial charge on any atom is -0.479 e. The smallest absolute Gasteiger partial charge is 0.408 e. The van der Waals surface area contributed by atoms with Crippen LogP contribution in [0.25, 0.3) is 0 Å². The molecule has 0 radical (unpaired) electrons. The number of rotatable bonds is 5. The van der Waals surface area contributed by atoms with Gasteiger partial charge in [-0.1, -0.05) is 44.3 Å². The molecule has 3 unspecified atom stereocenters. The second-order valence-electron chi connectivity index (χ2n) is 15.6. The zero-order chi connectivity index (χ0) is 34.1. The van der Waals surface area contributed by atoms with Crippen LogP contribution >= 0.6 is 11.8 Å². The van der Waals surface area contributed by atoms with Crippen LogP contribution in [0.2, 0.25) is 0 Å². The maximum atomic E-state index is 14.4. The lowest BCUT2D eigenvalue weighted by Gasteiger charge is -2.32. The van der Waals surface area contributed by atoms with E-state index in [1.807, 2.05) is 29.0 Å². The Labute approximate surface area is 288 Å². The maximum absolute atomic E-state index is 14.4. The molecule has 0 aromatic rings. The molecule has 6 N–H and O–H groups in total. The van der Waals surface area contributed by atoms with Crippen molar-refractivity contribution in [1.29, 1.82) is 0 Å². The summed E-state index contributed by atoms with van der Waals surface area (Å²) in [5, 5.41) is 21.8. The number of hydrogen-bond donors (Lipinski definition) is 6. The Hall–Kier alpha value is -2.39. The van der Waals surface area contributed by atoms with E-state index in [2.05, 4.69) is 26.8 Å². The summed E-state index contributed by atoms with van der Waals surface area (Å²) in [6.45, 7) is 6.54. The van der Waals surface area contributed by atoms with Crippen LogP contribution in [-0.4, -0.2) is 105 Å². The van der Waals surface area contributed by atoms with Crippen molar-refractivity contribution in [3.8, 4) is 0 Å². The Morgan fingerprint density at radius 2 is 1.77 bits per heavy atom. The predicted octanol–water partition coefficient (Wildman–Crippen LogP) is 2.63. The Morgan fingerprint density at radius 1 is 1.04 bits per heavy atom. The summed E-state index contributed by atoms with van der Waals surface area (Å²) in [6, 6.07) is -1.65. The predicted molar refractivity (Wildman–Crippen MR) is 182 cm³/mol. The fraction of sp³-hybridized carbons (Fsp3) is 0.824. The first-order chi connectivity index (χ1) is 22.9. The van der Waals surface area contributed by atoms with Crippen molar-refractivity contribution in [2.24, 2.45) is 11.8 Å². The van der Waals surface area contributed by atoms with Crippen LogP contribution in [0.1, 0.15) is 97.8 Å². The van der Waals surface area contributed by atoms with Gasteiger partial charge in [-0.05, 0) is 71.6 Å². The number of hydrazine groups is 2. The van der Waals surface area contributed by atoms with Crippen LogP contribution in [0, 0.1) is 11.8 Å². The molecular weight excluding hydrogens is 634 g/mol. The van der Waals surface area contributed by atoms with E-state index in [1.165, 1.54) is 32.1 Å². The second-order valence-corrected chi connectivity index (χ2v) is 16.8. The Morgan fingerprint density at radius 3 is 2.48 bits per heavy atom. The van der Waals surface area contributed by atoms with Gasteiger partial charge in [-0.25, -0.2) is 20.4 Å². The molecule has 48 heavy (non-hydrogen) atoms. The van der Waals surface area contributed by atoms with Crippen LogP contribution < -0.4 is 26.8 Å². The highest BCUT2D eigenvalue weighted by Gasteiger charge is 2.61. The molecule has 14 heteroatoms. The monoisotopic (exact) mass is 689 g/mol. The molecule has 0 aromatic heterocycles. The second kappa shape index (κ2) is 14.8. The van der Waals surface area contributed by atoms with Crippen molar-refractivity contribution in [2.75, 3.05) is 18.8 Å². The summed E-state index contributed by atoms with van der Waals surface area (Å²) in [6.07, 6.45) is 13.6. The number of fused-ring (bicyclic) bond motifs is 2. The molecule has 2 aliphatic carbocycles. The van der Waals surface area contributed by atoms with Crippen molar-refractivity contribution in [2.45, 2.75) is 145 Å². The fourth-order valence-corrected chi connectivity index (χ4v) is 9.43. The normalized spacial score (nSPS) is 37.9. The Balaban J connectivity index is 1.26. The molecule has 0 aromatic carbocycles. The van der Waals surface area contributed by atoms with Crippen LogP contribution in [-0.2, 0) is 19.1 Å². The van der Waals surface area contributed by atoms with E-state index in [1.54, 1.807) is 25.7 Å². The van der Waals surface area contributed by atoms with Crippen molar-refractivity contribution in [1.82, 2.24) is 36.8 Å². The van der Waals surface area contributed by atoms with Crippen molar-refractivity contribution >= 4 is 35.6 Å². The number of thioether (sulfide) groups is 1. The average molecular weight is 690 g/mol. The summed E-state index contributed by atoms with van der Waals surface area (Å²) in [4.78, 5) is 55.6. The van der Waals surface area contributed by atoms with E-state index < -0.39 is 41.2 Å². The molecule has 2 saturated carbocycles. The molecule has 13 nitrogen and oxygen atoms in total. The third kappa shape index (κ3) is 7.98. The maximum Gasteiger partial charge on any atom is 0.408 e. The minimum atomic E-state index is -1.37. The molecule has 4 aliphatic heterocycles. The van der Waals surface area contributed by atoms with Crippen molar-refractivity contribution in [3.05, 3.63) is 12.2 Å². The van der Waals surface area contributed by atoms with E-state index in [0.717, 1.165) is 31.6 Å². The molecule has 0 bridgehead atoms. The number of carboxylic acid groups (broad SMARTS) is 1. The highest BCUT2D eigenvalue weighted by molar-refractivity contribution is 8.00. The molecule has 3 amide bonds. The number of nitrogens with zero attached hydrogens (tertiary/aromatic N) is 2. The van der Waals surface area contributed by atoms with Gasteiger partial charge in [-0.3, -0.25) is 9.59 Å². The molecule has 6 rings (SSSR count). The number of carboxylic acids is 1. The van der Waals surface area contributed by atoms with Gasteiger partial charge in [0.1, 0.15) is 23.2 Å². The number of nitrogens with one attached hydrogen (secondary N) is 5. The number of ether oxygens (including phenoxy) is 1. The number of aliphatic carboxylic acids is 1. The van der Waals surface area contributed by atoms with E-state index in [0.29, 0.717) is 31.6 Å². The van der Waals surface area contributed by atoms with E-state index >= 15 is 0 Å². The zero-order valence-electron chi connectivity index (χ0n) is 28.7. The molecular formula is C34H55N7O6S. The van der Waals surface area contributed by atoms with Gasteiger partial charge in [-0.15, -0.1) is 11.8 Å². The standard InChI is InChI=1S/C34H55N7O6S/c1-33(2,3)47-32(46)36-24-15-11-6-4-5-10-14-22-19-34(22,31(44)45)37-28(42)25-18-23(20-40(25)30(24)43)41-38-26(21-12-8-7-9-13-21)27(39-41)29-35-16-17-48-29/h10,14,21-27,29,35,38-39H,4-9,11-13,15-20H2,1-3H3,(H,36,46)(H,37,42)(H,44,45)/b14-10-/t22-,23+,24-,25+,26?,27?,29?,34+/m1/s1. The number of hydrogen-bond acceptors (Lipinski definition) is 10. The van der Waals surface area contributed by atoms with Gasteiger partial charge in [-0.2, -0.15) is 5.12 Å². The SMILES string of the molecule is CC(C)(C)OC(=O)N[C@@H]1CCCCC/C=C\[C@@H]2C[C@]2(C(=O)O)NC(=O)[C@@H]2C[C@H](N3NC(C4CCCCC4)C(C4NCCS4)N3)CN2C1=O. The summed E-state index contributed by atoms with van der Waals surface area (Å²) >= 11 is 1.93. The molecule has 268 valence electrons.